The first-order valence-corrected chi connectivity index (χ1v) is 9.63. The molecule has 3 rings (SSSR count). The van der Waals surface area contributed by atoms with Gasteiger partial charge in [0, 0.05) is 23.1 Å². The van der Waals surface area contributed by atoms with Crippen molar-refractivity contribution in [2.45, 2.75) is 21.6 Å². The summed E-state index contributed by atoms with van der Waals surface area (Å²) in [5.41, 5.74) is 6.27. The Bertz CT molecular complexity index is 837. The van der Waals surface area contributed by atoms with E-state index in [-0.39, 0.29) is 17.4 Å². The van der Waals surface area contributed by atoms with E-state index in [4.69, 9.17) is 33.7 Å². The Morgan fingerprint density at radius 2 is 1.54 bits per heavy atom. The average molecular weight is 386 g/mol. The number of hydrogen-bond acceptors (Lipinski definition) is 4. The molecule has 3 unspecified atom stereocenters. The normalized spacial score (nSPS) is 26.3. The zero-order valence-corrected chi connectivity index (χ0v) is 15.3. The molecule has 0 aliphatic heterocycles. The van der Waals surface area contributed by atoms with E-state index >= 15 is 0 Å². The lowest BCUT2D eigenvalue weighted by atomic mass is 10.1. The van der Waals surface area contributed by atoms with Crippen molar-refractivity contribution in [1.82, 2.24) is 0 Å². The highest BCUT2D eigenvalue weighted by molar-refractivity contribution is 7.92. The maximum absolute atomic E-state index is 13.0. The second kappa shape index (κ2) is 6.32. The molecule has 0 saturated heterocycles. The monoisotopic (exact) mass is 385 g/mol. The van der Waals surface area contributed by atoms with E-state index in [0.717, 1.165) is 5.56 Å². The molecular weight excluding hydrogens is 369 g/mol. The first kappa shape index (κ1) is 17.7. The maximum Gasteiger partial charge on any atom is 0.183 e. The molecule has 7 heteroatoms. The minimum atomic E-state index is -3.62. The highest BCUT2D eigenvalue weighted by Crippen LogP contribution is 2.55. The molecule has 2 aromatic rings. The lowest BCUT2D eigenvalue weighted by Crippen LogP contribution is -2.35. The van der Waals surface area contributed by atoms with E-state index in [9.17, 15) is 8.42 Å². The van der Waals surface area contributed by atoms with Crippen molar-refractivity contribution in [3.63, 3.8) is 0 Å². The topological polar surface area (TPSA) is 69.4 Å². The quantitative estimate of drug-likeness (QED) is 0.856. The van der Waals surface area contributed by atoms with Gasteiger partial charge in [-0.15, -0.1) is 0 Å². The molecular formula is C17H17Cl2NO3S. The van der Waals surface area contributed by atoms with Gasteiger partial charge >= 0.3 is 0 Å². The van der Waals surface area contributed by atoms with Crippen LogP contribution in [0.5, 0.6) is 0 Å². The standard InChI is InChI=1S/C17H17Cl2NO3S/c1-23-10-17(20)15(11-2-4-12(18)5-3-11)16(17)24(21,22)14-8-6-13(19)7-9-14/h2-9,15-16H,10,20H2,1H3. The number of methoxy groups -OCH3 is 1. The summed E-state index contributed by atoms with van der Waals surface area (Å²) in [5.74, 6) is -0.351. The minimum absolute atomic E-state index is 0.151. The van der Waals surface area contributed by atoms with Crippen molar-refractivity contribution in [2.75, 3.05) is 13.7 Å². The second-order valence-corrected chi connectivity index (χ2v) is 8.94. The summed E-state index contributed by atoms with van der Waals surface area (Å²) in [4.78, 5) is 0.208. The van der Waals surface area contributed by atoms with Gasteiger partial charge in [0.05, 0.1) is 22.3 Å². The van der Waals surface area contributed by atoms with Crippen molar-refractivity contribution >= 4 is 33.0 Å². The lowest BCUT2D eigenvalue weighted by Gasteiger charge is -2.11. The van der Waals surface area contributed by atoms with Crippen LogP contribution in [0.25, 0.3) is 0 Å². The first-order valence-electron chi connectivity index (χ1n) is 7.33. The first-order chi connectivity index (χ1) is 11.3. The number of ether oxygens (including phenoxy) is 1. The largest absolute Gasteiger partial charge is 0.383 e. The van der Waals surface area contributed by atoms with Crippen LogP contribution in [0, 0.1) is 0 Å². The fourth-order valence-electron chi connectivity index (χ4n) is 3.24. The molecule has 0 spiro atoms. The van der Waals surface area contributed by atoms with Crippen LogP contribution in [-0.2, 0) is 14.6 Å². The molecule has 4 nitrogen and oxygen atoms in total. The highest BCUT2D eigenvalue weighted by Gasteiger charge is 2.69. The van der Waals surface area contributed by atoms with Crippen LogP contribution < -0.4 is 5.73 Å². The third kappa shape index (κ3) is 2.95. The Labute approximate surface area is 151 Å². The van der Waals surface area contributed by atoms with Gasteiger partial charge in [-0.05, 0) is 42.0 Å². The Morgan fingerprint density at radius 1 is 1.04 bits per heavy atom. The van der Waals surface area contributed by atoms with E-state index in [1.54, 1.807) is 24.3 Å². The van der Waals surface area contributed by atoms with Crippen molar-refractivity contribution in [3.8, 4) is 0 Å². The molecule has 0 aromatic heterocycles. The predicted molar refractivity (Wildman–Crippen MR) is 95.4 cm³/mol. The Kier molecular flexibility index (Phi) is 4.66. The van der Waals surface area contributed by atoms with Crippen molar-refractivity contribution in [2.24, 2.45) is 5.73 Å². The van der Waals surface area contributed by atoms with Crippen LogP contribution in [0.2, 0.25) is 10.0 Å². The molecule has 3 atom stereocenters. The molecule has 0 bridgehead atoms. The number of halogens is 2. The summed E-state index contributed by atoms with van der Waals surface area (Å²) >= 11 is 11.8. The molecule has 0 amide bonds. The Balaban J connectivity index is 2.01. The van der Waals surface area contributed by atoms with Crippen LogP contribution in [0.4, 0.5) is 0 Å². The van der Waals surface area contributed by atoms with Crippen LogP contribution in [0.15, 0.2) is 53.4 Å². The van der Waals surface area contributed by atoms with Gasteiger partial charge in [-0.3, -0.25) is 0 Å². The molecule has 1 saturated carbocycles. The van der Waals surface area contributed by atoms with Gasteiger partial charge in [-0.1, -0.05) is 35.3 Å². The summed E-state index contributed by atoms with van der Waals surface area (Å²) < 4.78 is 31.3. The fourth-order valence-corrected chi connectivity index (χ4v) is 5.78. The van der Waals surface area contributed by atoms with Crippen LogP contribution >= 0.6 is 23.2 Å². The van der Waals surface area contributed by atoms with Gasteiger partial charge in [-0.2, -0.15) is 0 Å². The number of rotatable bonds is 5. The van der Waals surface area contributed by atoms with Gasteiger partial charge in [0.1, 0.15) is 0 Å². The highest BCUT2D eigenvalue weighted by atomic mass is 35.5. The second-order valence-electron chi connectivity index (χ2n) is 5.99. The Morgan fingerprint density at radius 3 is 2.04 bits per heavy atom. The third-order valence-corrected chi connectivity index (χ3v) is 7.22. The summed E-state index contributed by atoms with van der Waals surface area (Å²) in [6.45, 7) is 0.151. The summed E-state index contributed by atoms with van der Waals surface area (Å²) in [6, 6.07) is 13.2. The van der Waals surface area contributed by atoms with E-state index in [2.05, 4.69) is 0 Å². The maximum atomic E-state index is 13.0. The average Bonchev–Trinajstić information content (AvgIpc) is 3.15. The van der Waals surface area contributed by atoms with Gasteiger partial charge in [0.2, 0.25) is 0 Å². The zero-order valence-electron chi connectivity index (χ0n) is 12.9. The number of benzene rings is 2. The molecule has 2 aromatic carbocycles. The van der Waals surface area contributed by atoms with Gasteiger partial charge in [-0.25, -0.2) is 8.42 Å². The van der Waals surface area contributed by atoms with E-state index in [0.29, 0.717) is 10.0 Å². The van der Waals surface area contributed by atoms with Gasteiger partial charge in [0.25, 0.3) is 0 Å². The zero-order chi connectivity index (χ0) is 17.5. The molecule has 2 N–H and O–H groups in total. The number of sulfone groups is 1. The van der Waals surface area contributed by atoms with Crippen molar-refractivity contribution in [3.05, 3.63) is 64.1 Å². The Hall–Kier alpha value is -1.11. The molecule has 0 heterocycles. The van der Waals surface area contributed by atoms with Crippen LogP contribution in [0.3, 0.4) is 0 Å². The molecule has 1 aliphatic carbocycles. The smallest absolute Gasteiger partial charge is 0.183 e. The lowest BCUT2D eigenvalue weighted by molar-refractivity contribution is 0.171. The van der Waals surface area contributed by atoms with Crippen molar-refractivity contribution < 1.29 is 13.2 Å². The fraction of sp³-hybridized carbons (Fsp3) is 0.294. The number of nitrogens with two attached hydrogens (primary N) is 1. The van der Waals surface area contributed by atoms with E-state index in [1.165, 1.54) is 19.2 Å². The molecule has 0 radical (unpaired) electrons. The SMILES string of the molecule is COCC1(N)C(c2ccc(Cl)cc2)C1S(=O)(=O)c1ccc(Cl)cc1. The minimum Gasteiger partial charge on any atom is -0.383 e. The molecule has 128 valence electrons. The van der Waals surface area contributed by atoms with E-state index in [1.807, 2.05) is 12.1 Å². The van der Waals surface area contributed by atoms with Crippen LogP contribution in [0.1, 0.15) is 11.5 Å². The van der Waals surface area contributed by atoms with Crippen LogP contribution in [-0.4, -0.2) is 32.9 Å². The summed E-state index contributed by atoms with van der Waals surface area (Å²) in [5, 5.41) is 0.313. The summed E-state index contributed by atoms with van der Waals surface area (Å²) in [6.07, 6.45) is 0. The predicted octanol–water partition coefficient (Wildman–Crippen LogP) is 3.28. The summed E-state index contributed by atoms with van der Waals surface area (Å²) in [7, 11) is -2.10. The molecule has 1 fully saturated rings. The van der Waals surface area contributed by atoms with Gasteiger partial charge in [0.15, 0.2) is 9.84 Å². The van der Waals surface area contributed by atoms with E-state index < -0.39 is 20.6 Å². The third-order valence-electron chi connectivity index (χ3n) is 4.40. The molecule has 24 heavy (non-hydrogen) atoms. The van der Waals surface area contributed by atoms with Gasteiger partial charge < -0.3 is 10.5 Å². The number of hydrogen-bond donors (Lipinski definition) is 1. The molecule has 1 aliphatic rings. The van der Waals surface area contributed by atoms with Crippen molar-refractivity contribution in [1.29, 1.82) is 0 Å².